The minimum atomic E-state index is -0.967. The summed E-state index contributed by atoms with van der Waals surface area (Å²) in [5.41, 5.74) is 10.9. The fraction of sp³-hybridized carbons (Fsp3) is 0.300. The van der Waals surface area contributed by atoms with Gasteiger partial charge in [-0.05, 0) is 53.3 Å². The Bertz CT molecular complexity index is 858. The monoisotopic (exact) mass is 338 g/mol. The van der Waals surface area contributed by atoms with E-state index in [1.54, 1.807) is 0 Å². The second-order valence-corrected chi connectivity index (χ2v) is 6.91. The molecule has 5 nitrogen and oxygen atoms in total. The molecule has 0 saturated carbocycles. The fourth-order valence-corrected chi connectivity index (χ4v) is 3.50. The first-order chi connectivity index (χ1) is 11.8. The minimum Gasteiger partial charge on any atom is -0.480 e. The molecule has 1 aliphatic rings. The molecular formula is C20H22N2O3. The summed E-state index contributed by atoms with van der Waals surface area (Å²) in [4.78, 5) is 25.9. The number of fused-ring (bicyclic) bond motifs is 1. The normalized spacial score (nSPS) is 14.7. The molecule has 0 aliphatic carbocycles. The number of carbonyl (C=O) groups is 2. The Morgan fingerprint density at radius 2 is 1.88 bits per heavy atom. The Hall–Kier alpha value is -2.82. The molecule has 1 aliphatic heterocycles. The maximum Gasteiger partial charge on any atom is 0.326 e. The van der Waals surface area contributed by atoms with Crippen LogP contribution in [0.2, 0.25) is 0 Å². The van der Waals surface area contributed by atoms with E-state index in [9.17, 15) is 14.7 Å². The zero-order chi connectivity index (χ0) is 18.3. The van der Waals surface area contributed by atoms with Crippen molar-refractivity contribution < 1.29 is 14.7 Å². The van der Waals surface area contributed by atoms with Crippen LogP contribution in [0.1, 0.15) is 35.3 Å². The van der Waals surface area contributed by atoms with E-state index >= 15 is 0 Å². The second kappa shape index (κ2) is 6.24. The van der Waals surface area contributed by atoms with E-state index in [1.165, 1.54) is 4.90 Å². The first-order valence-electron chi connectivity index (χ1n) is 8.32. The van der Waals surface area contributed by atoms with Crippen molar-refractivity contribution in [2.75, 3.05) is 5.73 Å². The van der Waals surface area contributed by atoms with Gasteiger partial charge in [-0.3, -0.25) is 4.79 Å². The molecule has 1 unspecified atom stereocenters. The maximum atomic E-state index is 12.8. The van der Waals surface area contributed by atoms with Gasteiger partial charge in [-0.25, -0.2) is 4.79 Å². The number of nitrogens with two attached hydrogens (primary N) is 1. The molecule has 3 rings (SSSR count). The second-order valence-electron chi connectivity index (χ2n) is 6.91. The standard InChI is InChI=1S/C20H22N2O3/c1-11(2)18(20(24)25)22-10-14-5-4-13(9-17(14)19(22)23)16-7-6-15(21)8-12(16)3/h4-9,11,18H,10,21H2,1-3H3,(H,24,25). The van der Waals surface area contributed by atoms with Crippen LogP contribution in [-0.2, 0) is 11.3 Å². The summed E-state index contributed by atoms with van der Waals surface area (Å²) in [6.45, 7) is 5.95. The Kier molecular flexibility index (Phi) is 4.25. The van der Waals surface area contributed by atoms with Gasteiger partial charge in [0.15, 0.2) is 0 Å². The number of nitrogen functional groups attached to an aromatic ring is 1. The molecule has 0 saturated heterocycles. The fourth-order valence-electron chi connectivity index (χ4n) is 3.50. The molecule has 0 fully saturated rings. The molecule has 0 spiro atoms. The van der Waals surface area contributed by atoms with Crippen LogP contribution in [-0.4, -0.2) is 27.9 Å². The molecule has 5 heteroatoms. The molecule has 25 heavy (non-hydrogen) atoms. The molecule has 3 N–H and O–H groups in total. The highest BCUT2D eigenvalue weighted by molar-refractivity contribution is 6.01. The lowest BCUT2D eigenvalue weighted by Gasteiger charge is -2.27. The first kappa shape index (κ1) is 17.0. The minimum absolute atomic E-state index is 0.158. The number of benzene rings is 2. The highest BCUT2D eigenvalue weighted by atomic mass is 16.4. The number of carbonyl (C=O) groups excluding carboxylic acids is 1. The van der Waals surface area contributed by atoms with E-state index in [2.05, 4.69) is 0 Å². The van der Waals surface area contributed by atoms with Crippen LogP contribution < -0.4 is 5.73 Å². The number of aryl methyl sites for hydroxylation is 1. The highest BCUT2D eigenvalue weighted by Crippen LogP contribution is 2.32. The van der Waals surface area contributed by atoms with Crippen molar-refractivity contribution in [2.45, 2.75) is 33.4 Å². The number of rotatable bonds is 4. The molecular weight excluding hydrogens is 316 g/mol. The number of nitrogens with zero attached hydrogens (tertiary/aromatic N) is 1. The van der Waals surface area contributed by atoms with E-state index < -0.39 is 12.0 Å². The number of carboxylic acids is 1. The first-order valence-corrected chi connectivity index (χ1v) is 8.32. The molecule has 2 aromatic carbocycles. The topological polar surface area (TPSA) is 83.6 Å². The third-order valence-corrected chi connectivity index (χ3v) is 4.72. The van der Waals surface area contributed by atoms with Crippen molar-refractivity contribution in [1.29, 1.82) is 0 Å². The van der Waals surface area contributed by atoms with Gasteiger partial charge >= 0.3 is 5.97 Å². The van der Waals surface area contributed by atoms with Crippen molar-refractivity contribution in [1.82, 2.24) is 4.90 Å². The molecule has 130 valence electrons. The third kappa shape index (κ3) is 2.97. The van der Waals surface area contributed by atoms with Gasteiger partial charge in [0.05, 0.1) is 0 Å². The van der Waals surface area contributed by atoms with E-state index in [-0.39, 0.29) is 11.8 Å². The van der Waals surface area contributed by atoms with Gasteiger partial charge in [0.25, 0.3) is 5.91 Å². The number of anilines is 1. The molecule has 1 atom stereocenters. The van der Waals surface area contributed by atoms with E-state index in [0.29, 0.717) is 17.8 Å². The summed E-state index contributed by atoms with van der Waals surface area (Å²) >= 11 is 0. The lowest BCUT2D eigenvalue weighted by molar-refractivity contribution is -0.144. The predicted octanol–water partition coefficient (Wildman–Crippen LogP) is 3.31. The highest BCUT2D eigenvalue weighted by Gasteiger charge is 2.38. The lowest BCUT2D eigenvalue weighted by atomic mass is 9.97. The summed E-state index contributed by atoms with van der Waals surface area (Å²) in [6.07, 6.45) is 0. The lowest BCUT2D eigenvalue weighted by Crippen LogP contribution is -2.44. The van der Waals surface area contributed by atoms with Crippen molar-refractivity contribution in [3.63, 3.8) is 0 Å². The van der Waals surface area contributed by atoms with Crippen LogP contribution in [0, 0.1) is 12.8 Å². The number of carboxylic acid groups (broad SMARTS) is 1. The molecule has 0 bridgehead atoms. The van der Waals surface area contributed by atoms with Gasteiger partial charge in [0.2, 0.25) is 0 Å². The average molecular weight is 338 g/mol. The van der Waals surface area contributed by atoms with Crippen LogP contribution in [0.3, 0.4) is 0 Å². The summed E-state index contributed by atoms with van der Waals surface area (Å²) < 4.78 is 0. The van der Waals surface area contributed by atoms with Gasteiger partial charge in [0, 0.05) is 17.8 Å². The largest absolute Gasteiger partial charge is 0.480 e. The van der Waals surface area contributed by atoms with Crippen LogP contribution >= 0.6 is 0 Å². The number of hydrogen-bond donors (Lipinski definition) is 2. The zero-order valence-electron chi connectivity index (χ0n) is 14.6. The van der Waals surface area contributed by atoms with Crippen molar-refractivity contribution >= 4 is 17.6 Å². The van der Waals surface area contributed by atoms with Gasteiger partial charge in [0.1, 0.15) is 6.04 Å². The van der Waals surface area contributed by atoms with Crippen LogP contribution in [0.15, 0.2) is 36.4 Å². The zero-order valence-corrected chi connectivity index (χ0v) is 14.6. The Morgan fingerprint density at radius 3 is 2.48 bits per heavy atom. The van der Waals surface area contributed by atoms with Crippen molar-refractivity contribution in [2.24, 2.45) is 5.92 Å². The number of aliphatic carboxylic acids is 1. The van der Waals surface area contributed by atoms with Gasteiger partial charge < -0.3 is 15.7 Å². The molecule has 1 heterocycles. The van der Waals surface area contributed by atoms with E-state index in [4.69, 9.17) is 5.73 Å². The smallest absolute Gasteiger partial charge is 0.326 e. The summed E-state index contributed by atoms with van der Waals surface area (Å²) in [6, 6.07) is 10.6. The van der Waals surface area contributed by atoms with E-state index in [1.807, 2.05) is 57.2 Å². The van der Waals surface area contributed by atoms with Crippen LogP contribution in [0.25, 0.3) is 11.1 Å². The summed E-state index contributed by atoms with van der Waals surface area (Å²) in [5.74, 6) is -1.34. The van der Waals surface area contributed by atoms with Gasteiger partial charge in [-0.1, -0.05) is 32.0 Å². The maximum absolute atomic E-state index is 12.8. The third-order valence-electron chi connectivity index (χ3n) is 4.72. The van der Waals surface area contributed by atoms with Gasteiger partial charge in [-0.15, -0.1) is 0 Å². The summed E-state index contributed by atoms with van der Waals surface area (Å²) in [7, 11) is 0. The predicted molar refractivity (Wildman–Crippen MR) is 97.2 cm³/mol. The van der Waals surface area contributed by atoms with E-state index in [0.717, 1.165) is 22.3 Å². The number of amides is 1. The quantitative estimate of drug-likeness (QED) is 0.838. The number of hydrogen-bond acceptors (Lipinski definition) is 3. The molecule has 0 aromatic heterocycles. The Morgan fingerprint density at radius 1 is 1.16 bits per heavy atom. The average Bonchev–Trinajstić information content (AvgIpc) is 2.83. The van der Waals surface area contributed by atoms with Crippen molar-refractivity contribution in [3.8, 4) is 11.1 Å². The molecule has 2 aromatic rings. The molecule has 0 radical (unpaired) electrons. The Balaban J connectivity index is 1.99. The van der Waals surface area contributed by atoms with Crippen molar-refractivity contribution in [3.05, 3.63) is 53.1 Å². The van der Waals surface area contributed by atoms with Crippen LogP contribution in [0.4, 0.5) is 5.69 Å². The van der Waals surface area contributed by atoms with Crippen LogP contribution in [0.5, 0.6) is 0 Å². The Labute approximate surface area is 147 Å². The molecule has 1 amide bonds. The van der Waals surface area contributed by atoms with Gasteiger partial charge in [-0.2, -0.15) is 0 Å². The SMILES string of the molecule is Cc1cc(N)ccc1-c1ccc2c(c1)C(=O)N(C(C(=O)O)C(C)C)C2. The summed E-state index contributed by atoms with van der Waals surface area (Å²) in [5, 5.41) is 9.49.